The molecule has 0 aromatic rings. The Hall–Kier alpha value is 0.0400. The maximum Gasteiger partial charge on any atom is 0.250 e. The summed E-state index contributed by atoms with van der Waals surface area (Å²) in [6.07, 6.45) is 3.20. The first kappa shape index (κ1) is 13.5. The topological polar surface area (TPSA) is 18.5 Å². The standard InChI is InChI=1S/C13H22O2S2/c1-11(2,3)9-10(12(4,5)17-16)15-13(14-9)7-6-8-13/h16H,6-8H2,1-5H3. The number of thiol groups is 1. The van der Waals surface area contributed by atoms with Gasteiger partial charge in [-0.2, -0.15) is 0 Å². The highest BCUT2D eigenvalue weighted by Crippen LogP contribution is 2.54. The van der Waals surface area contributed by atoms with Gasteiger partial charge in [0.05, 0.1) is 4.75 Å². The lowest BCUT2D eigenvalue weighted by atomic mass is 9.90. The minimum absolute atomic E-state index is 0.0186. The van der Waals surface area contributed by atoms with Crippen molar-refractivity contribution in [2.45, 2.75) is 64.4 Å². The molecule has 0 radical (unpaired) electrons. The summed E-state index contributed by atoms with van der Waals surface area (Å²) in [7, 11) is 1.51. The maximum absolute atomic E-state index is 6.17. The Kier molecular flexibility index (Phi) is 3.19. The van der Waals surface area contributed by atoms with Crippen molar-refractivity contribution in [3.63, 3.8) is 0 Å². The van der Waals surface area contributed by atoms with Gasteiger partial charge < -0.3 is 9.47 Å². The molecular formula is C13H22O2S2. The minimum atomic E-state index is -0.348. The molecule has 1 heterocycles. The first-order valence-corrected chi connectivity index (χ1v) is 8.03. The van der Waals surface area contributed by atoms with Gasteiger partial charge in [0.15, 0.2) is 5.76 Å². The summed E-state index contributed by atoms with van der Waals surface area (Å²) in [4.78, 5) is 0. The quantitative estimate of drug-likeness (QED) is 0.589. The second-order valence-electron chi connectivity index (χ2n) is 6.48. The van der Waals surface area contributed by atoms with Gasteiger partial charge in [-0.15, -0.1) is 11.7 Å². The first-order chi connectivity index (χ1) is 7.70. The maximum atomic E-state index is 6.17. The zero-order valence-electron chi connectivity index (χ0n) is 11.3. The van der Waals surface area contributed by atoms with Crippen LogP contribution in [0.2, 0.25) is 0 Å². The fourth-order valence-electron chi connectivity index (χ4n) is 2.09. The molecule has 0 amide bonds. The molecule has 0 bridgehead atoms. The van der Waals surface area contributed by atoms with E-state index in [0.29, 0.717) is 0 Å². The molecule has 17 heavy (non-hydrogen) atoms. The van der Waals surface area contributed by atoms with Crippen LogP contribution in [0, 0.1) is 5.41 Å². The highest BCUT2D eigenvalue weighted by molar-refractivity contribution is 8.69. The summed E-state index contributed by atoms with van der Waals surface area (Å²) in [6.45, 7) is 10.8. The molecule has 1 spiro atoms. The molecule has 0 N–H and O–H groups in total. The summed E-state index contributed by atoms with van der Waals surface area (Å²) in [5, 5.41) is 0. The van der Waals surface area contributed by atoms with Crippen molar-refractivity contribution in [2.75, 3.05) is 0 Å². The second kappa shape index (κ2) is 4.02. The average Bonchev–Trinajstić information content (AvgIpc) is 2.57. The third kappa shape index (κ3) is 2.30. The number of hydrogen-bond donors (Lipinski definition) is 1. The van der Waals surface area contributed by atoms with Gasteiger partial charge in [-0.05, 0) is 20.3 Å². The zero-order chi connectivity index (χ0) is 12.9. The van der Waals surface area contributed by atoms with Gasteiger partial charge in [-0.3, -0.25) is 0 Å². The first-order valence-electron chi connectivity index (χ1n) is 6.16. The van der Waals surface area contributed by atoms with Crippen LogP contribution >= 0.6 is 22.5 Å². The number of rotatable bonds is 2. The Bertz CT molecular complexity index is 349. The summed E-state index contributed by atoms with van der Waals surface area (Å²) in [5.74, 6) is 1.63. The monoisotopic (exact) mass is 274 g/mol. The van der Waals surface area contributed by atoms with Crippen LogP contribution in [-0.2, 0) is 9.47 Å². The summed E-state index contributed by atoms with van der Waals surface area (Å²) in [6, 6.07) is 0. The molecule has 2 aliphatic rings. The molecule has 0 aromatic heterocycles. The van der Waals surface area contributed by atoms with Gasteiger partial charge >= 0.3 is 0 Å². The molecule has 1 fully saturated rings. The van der Waals surface area contributed by atoms with E-state index in [1.165, 1.54) is 17.2 Å². The fraction of sp³-hybridized carbons (Fsp3) is 0.846. The average molecular weight is 274 g/mol. The van der Waals surface area contributed by atoms with Gasteiger partial charge in [0, 0.05) is 18.3 Å². The van der Waals surface area contributed by atoms with E-state index in [1.54, 1.807) is 0 Å². The van der Waals surface area contributed by atoms with Crippen molar-refractivity contribution in [1.29, 1.82) is 0 Å². The third-order valence-electron chi connectivity index (χ3n) is 3.35. The van der Waals surface area contributed by atoms with Crippen LogP contribution in [0.15, 0.2) is 11.5 Å². The molecule has 1 aliphatic heterocycles. The molecule has 1 saturated carbocycles. The predicted octanol–water partition coefficient (Wildman–Crippen LogP) is 4.53. The van der Waals surface area contributed by atoms with E-state index in [4.69, 9.17) is 9.47 Å². The zero-order valence-corrected chi connectivity index (χ0v) is 13.0. The Morgan fingerprint density at radius 1 is 1.06 bits per heavy atom. The van der Waals surface area contributed by atoms with Crippen LogP contribution in [-0.4, -0.2) is 10.5 Å². The molecule has 4 heteroatoms. The van der Waals surface area contributed by atoms with Crippen molar-refractivity contribution in [2.24, 2.45) is 5.41 Å². The molecule has 0 saturated heterocycles. The summed E-state index contributed by atoms with van der Waals surface area (Å²) >= 11 is 4.36. The van der Waals surface area contributed by atoms with E-state index in [-0.39, 0.29) is 15.9 Å². The molecule has 1 aliphatic carbocycles. The van der Waals surface area contributed by atoms with Crippen molar-refractivity contribution in [3.05, 3.63) is 11.5 Å². The van der Waals surface area contributed by atoms with E-state index in [9.17, 15) is 0 Å². The molecule has 0 unspecified atom stereocenters. The van der Waals surface area contributed by atoms with E-state index in [0.717, 1.165) is 24.4 Å². The normalized spacial score (nSPS) is 23.4. The van der Waals surface area contributed by atoms with Gasteiger partial charge in [-0.25, -0.2) is 0 Å². The van der Waals surface area contributed by atoms with E-state index in [1.807, 2.05) is 0 Å². The molecule has 98 valence electrons. The molecular weight excluding hydrogens is 252 g/mol. The molecule has 2 rings (SSSR count). The Morgan fingerprint density at radius 2 is 1.59 bits per heavy atom. The largest absolute Gasteiger partial charge is 0.453 e. The van der Waals surface area contributed by atoms with Crippen molar-refractivity contribution >= 4 is 22.5 Å². The van der Waals surface area contributed by atoms with Gasteiger partial charge in [-0.1, -0.05) is 31.6 Å². The van der Waals surface area contributed by atoms with Gasteiger partial charge in [0.1, 0.15) is 5.76 Å². The molecule has 0 atom stereocenters. The number of hydrogen-bond acceptors (Lipinski definition) is 4. The third-order valence-corrected chi connectivity index (χ3v) is 5.37. The van der Waals surface area contributed by atoms with Crippen LogP contribution in [0.1, 0.15) is 53.9 Å². The predicted molar refractivity (Wildman–Crippen MR) is 75.9 cm³/mol. The van der Waals surface area contributed by atoms with Crippen LogP contribution in [0.5, 0.6) is 0 Å². The Balaban J connectivity index is 2.35. The van der Waals surface area contributed by atoms with Crippen LogP contribution in [0.25, 0.3) is 0 Å². The van der Waals surface area contributed by atoms with Crippen molar-refractivity contribution < 1.29 is 9.47 Å². The van der Waals surface area contributed by atoms with Crippen molar-refractivity contribution in [3.8, 4) is 0 Å². The van der Waals surface area contributed by atoms with E-state index in [2.05, 4.69) is 46.3 Å². The number of ether oxygens (including phenoxy) is 2. The van der Waals surface area contributed by atoms with Crippen molar-refractivity contribution in [1.82, 2.24) is 0 Å². The SMILES string of the molecule is CC(C)(C)C1=C(C(C)(C)SS)OC2(CCC2)O1. The number of allylic oxidation sites excluding steroid dienone is 1. The fourth-order valence-corrected chi connectivity index (χ4v) is 2.55. The van der Waals surface area contributed by atoms with Crippen LogP contribution in [0.3, 0.4) is 0 Å². The Morgan fingerprint density at radius 3 is 1.94 bits per heavy atom. The summed E-state index contributed by atoms with van der Waals surface area (Å²) < 4.78 is 12.2. The Labute approximate surface area is 113 Å². The van der Waals surface area contributed by atoms with Gasteiger partial charge in [0.25, 0.3) is 5.79 Å². The molecule has 0 aromatic carbocycles. The van der Waals surface area contributed by atoms with E-state index < -0.39 is 0 Å². The van der Waals surface area contributed by atoms with Crippen LogP contribution in [0.4, 0.5) is 0 Å². The second-order valence-corrected chi connectivity index (χ2v) is 8.23. The minimum Gasteiger partial charge on any atom is -0.453 e. The lowest BCUT2D eigenvalue weighted by molar-refractivity contribution is -0.209. The summed E-state index contributed by atoms with van der Waals surface area (Å²) in [5.41, 5.74) is -0.0186. The lowest BCUT2D eigenvalue weighted by Gasteiger charge is -2.38. The highest BCUT2D eigenvalue weighted by atomic mass is 33.1. The lowest BCUT2D eigenvalue weighted by Crippen LogP contribution is -2.40. The van der Waals surface area contributed by atoms with E-state index >= 15 is 0 Å². The van der Waals surface area contributed by atoms with Crippen LogP contribution < -0.4 is 0 Å². The smallest absolute Gasteiger partial charge is 0.250 e. The molecule has 2 nitrogen and oxygen atoms in total. The highest BCUT2D eigenvalue weighted by Gasteiger charge is 2.53. The van der Waals surface area contributed by atoms with Gasteiger partial charge in [0.2, 0.25) is 0 Å².